The van der Waals surface area contributed by atoms with Crippen molar-refractivity contribution in [2.75, 3.05) is 0 Å². The van der Waals surface area contributed by atoms with Gasteiger partial charge in [0.05, 0.1) is 11.4 Å². The molecular formula is C15H11FN2OS. The van der Waals surface area contributed by atoms with Gasteiger partial charge in [0.1, 0.15) is 11.6 Å². The van der Waals surface area contributed by atoms with Crippen LogP contribution in [0.1, 0.15) is 5.69 Å². The highest BCUT2D eigenvalue weighted by Gasteiger charge is 2.07. The largest absolute Gasteiger partial charge is 0.484 e. The minimum atomic E-state index is -0.368. The molecule has 0 bridgehead atoms. The monoisotopic (exact) mass is 286 g/mol. The van der Waals surface area contributed by atoms with Crippen LogP contribution in [0.4, 0.5) is 4.39 Å². The molecule has 0 aliphatic heterocycles. The Morgan fingerprint density at radius 3 is 2.75 bits per heavy atom. The van der Waals surface area contributed by atoms with Crippen LogP contribution < -0.4 is 4.74 Å². The van der Waals surface area contributed by atoms with Crippen molar-refractivity contribution < 1.29 is 9.13 Å². The van der Waals surface area contributed by atoms with Gasteiger partial charge in [0.15, 0.2) is 11.6 Å². The summed E-state index contributed by atoms with van der Waals surface area (Å²) in [4.78, 5) is 8.68. The van der Waals surface area contributed by atoms with E-state index in [9.17, 15) is 4.39 Å². The molecule has 20 heavy (non-hydrogen) atoms. The van der Waals surface area contributed by atoms with Crippen molar-refractivity contribution in [3.05, 3.63) is 65.6 Å². The minimum Gasteiger partial charge on any atom is -0.484 e. The third-order valence-corrected chi connectivity index (χ3v) is 3.56. The van der Waals surface area contributed by atoms with Gasteiger partial charge in [-0.05, 0) is 24.3 Å². The Morgan fingerprint density at radius 1 is 1.10 bits per heavy atom. The van der Waals surface area contributed by atoms with Gasteiger partial charge in [0.2, 0.25) is 0 Å². The van der Waals surface area contributed by atoms with Crippen LogP contribution in [-0.2, 0) is 6.61 Å². The Morgan fingerprint density at radius 2 is 1.95 bits per heavy atom. The molecule has 3 nitrogen and oxygen atoms in total. The van der Waals surface area contributed by atoms with Crippen LogP contribution >= 0.6 is 11.3 Å². The predicted octanol–water partition coefficient (Wildman–Crippen LogP) is 3.92. The Hall–Kier alpha value is -2.27. The fourth-order valence-electron chi connectivity index (χ4n) is 1.69. The van der Waals surface area contributed by atoms with E-state index in [1.807, 2.05) is 23.6 Å². The molecule has 2 heterocycles. The maximum Gasteiger partial charge on any atom is 0.165 e. The average Bonchev–Trinajstić information content (AvgIpc) is 2.96. The summed E-state index contributed by atoms with van der Waals surface area (Å²) in [5, 5.41) is 2.72. The zero-order valence-electron chi connectivity index (χ0n) is 10.5. The minimum absolute atomic E-state index is 0.236. The lowest BCUT2D eigenvalue weighted by atomic mass is 10.3. The van der Waals surface area contributed by atoms with Gasteiger partial charge in [0.25, 0.3) is 0 Å². The molecule has 100 valence electrons. The van der Waals surface area contributed by atoms with Crippen LogP contribution in [0.3, 0.4) is 0 Å². The molecule has 0 amide bonds. The van der Waals surface area contributed by atoms with Crippen LogP contribution in [-0.4, -0.2) is 9.97 Å². The summed E-state index contributed by atoms with van der Waals surface area (Å²) >= 11 is 1.49. The fraction of sp³-hybridized carbons (Fsp3) is 0.0667. The molecule has 0 saturated heterocycles. The van der Waals surface area contributed by atoms with E-state index in [1.54, 1.807) is 24.4 Å². The number of thiazole rings is 1. The summed E-state index contributed by atoms with van der Waals surface area (Å²) in [5.74, 6) is -0.132. The van der Waals surface area contributed by atoms with Gasteiger partial charge in [-0.25, -0.2) is 9.37 Å². The van der Waals surface area contributed by atoms with E-state index in [0.717, 1.165) is 16.4 Å². The number of benzene rings is 1. The Labute approximate surface area is 119 Å². The number of rotatable bonds is 4. The third kappa shape index (κ3) is 2.83. The molecule has 0 aliphatic rings. The van der Waals surface area contributed by atoms with Gasteiger partial charge < -0.3 is 4.74 Å². The maximum atomic E-state index is 13.4. The Kier molecular flexibility index (Phi) is 3.69. The van der Waals surface area contributed by atoms with E-state index in [4.69, 9.17) is 4.74 Å². The topological polar surface area (TPSA) is 35.0 Å². The van der Waals surface area contributed by atoms with Crippen molar-refractivity contribution in [2.24, 2.45) is 0 Å². The lowest BCUT2D eigenvalue weighted by Crippen LogP contribution is -1.97. The lowest BCUT2D eigenvalue weighted by Gasteiger charge is -2.04. The summed E-state index contributed by atoms with van der Waals surface area (Å²) in [6, 6.07) is 12.0. The van der Waals surface area contributed by atoms with Gasteiger partial charge in [-0.3, -0.25) is 4.98 Å². The smallest absolute Gasteiger partial charge is 0.165 e. The van der Waals surface area contributed by atoms with Crippen molar-refractivity contribution >= 4 is 11.3 Å². The number of hydrogen-bond donors (Lipinski definition) is 0. The first-order valence-corrected chi connectivity index (χ1v) is 6.94. The number of para-hydroxylation sites is 1. The van der Waals surface area contributed by atoms with Crippen LogP contribution in [0, 0.1) is 5.82 Å². The quantitative estimate of drug-likeness (QED) is 0.729. The van der Waals surface area contributed by atoms with E-state index < -0.39 is 0 Å². The molecule has 1 aromatic carbocycles. The van der Waals surface area contributed by atoms with E-state index >= 15 is 0 Å². The second-order valence-electron chi connectivity index (χ2n) is 4.08. The van der Waals surface area contributed by atoms with Crippen molar-refractivity contribution in [2.45, 2.75) is 6.61 Å². The Bertz CT molecular complexity index is 700. The molecule has 0 spiro atoms. The summed E-state index contributed by atoms with van der Waals surface area (Å²) in [5.41, 5.74) is 1.59. The first-order valence-electron chi connectivity index (χ1n) is 6.06. The highest BCUT2D eigenvalue weighted by molar-refractivity contribution is 7.13. The van der Waals surface area contributed by atoms with Gasteiger partial charge in [-0.1, -0.05) is 18.2 Å². The van der Waals surface area contributed by atoms with Crippen LogP contribution in [0.15, 0.2) is 54.0 Å². The van der Waals surface area contributed by atoms with E-state index in [1.165, 1.54) is 17.4 Å². The predicted molar refractivity (Wildman–Crippen MR) is 76.1 cm³/mol. The molecule has 0 N–H and O–H groups in total. The van der Waals surface area contributed by atoms with E-state index in [2.05, 4.69) is 9.97 Å². The third-order valence-electron chi connectivity index (χ3n) is 2.65. The molecule has 0 unspecified atom stereocenters. The lowest BCUT2D eigenvalue weighted by molar-refractivity contribution is 0.287. The highest BCUT2D eigenvalue weighted by Crippen LogP contribution is 2.23. The number of ether oxygens (including phenoxy) is 1. The molecule has 0 atom stereocenters. The number of hydrogen-bond acceptors (Lipinski definition) is 4. The van der Waals surface area contributed by atoms with E-state index in [0.29, 0.717) is 0 Å². The SMILES string of the molecule is Fc1ccccc1OCc1csc(-c2ccccn2)n1. The first-order chi connectivity index (χ1) is 9.83. The molecule has 0 saturated carbocycles. The molecule has 0 aliphatic carbocycles. The molecule has 5 heteroatoms. The molecular weight excluding hydrogens is 275 g/mol. The summed E-state index contributed by atoms with van der Waals surface area (Å²) in [6.07, 6.45) is 1.73. The zero-order valence-corrected chi connectivity index (χ0v) is 11.3. The summed E-state index contributed by atoms with van der Waals surface area (Å²) in [7, 11) is 0. The second-order valence-corrected chi connectivity index (χ2v) is 4.94. The summed E-state index contributed by atoms with van der Waals surface area (Å²) in [6.45, 7) is 0.240. The molecule has 3 rings (SSSR count). The zero-order chi connectivity index (χ0) is 13.8. The van der Waals surface area contributed by atoms with Gasteiger partial charge in [0, 0.05) is 11.6 Å². The van der Waals surface area contributed by atoms with Crippen molar-refractivity contribution in [1.82, 2.24) is 9.97 Å². The standard InChI is InChI=1S/C15H11FN2OS/c16-12-5-1-2-7-14(12)19-9-11-10-20-15(18-11)13-6-3-4-8-17-13/h1-8,10H,9H2. The average molecular weight is 286 g/mol. The van der Waals surface area contributed by atoms with Crippen LogP contribution in [0.5, 0.6) is 5.75 Å². The van der Waals surface area contributed by atoms with Gasteiger partial charge in [-0.2, -0.15) is 0 Å². The normalized spacial score (nSPS) is 10.4. The molecule has 2 aromatic heterocycles. The molecule has 0 radical (unpaired) electrons. The number of aromatic nitrogens is 2. The van der Waals surface area contributed by atoms with Gasteiger partial charge >= 0.3 is 0 Å². The fourth-order valence-corrected chi connectivity index (χ4v) is 2.47. The highest BCUT2D eigenvalue weighted by atomic mass is 32.1. The first kappa shape index (κ1) is 12.7. The van der Waals surface area contributed by atoms with E-state index in [-0.39, 0.29) is 18.2 Å². The van der Waals surface area contributed by atoms with Crippen molar-refractivity contribution in [3.63, 3.8) is 0 Å². The van der Waals surface area contributed by atoms with Crippen LogP contribution in [0.2, 0.25) is 0 Å². The van der Waals surface area contributed by atoms with Crippen molar-refractivity contribution in [1.29, 1.82) is 0 Å². The number of pyridine rings is 1. The maximum absolute atomic E-state index is 13.4. The van der Waals surface area contributed by atoms with Crippen molar-refractivity contribution in [3.8, 4) is 16.5 Å². The number of halogens is 1. The molecule has 0 fully saturated rings. The Balaban J connectivity index is 1.71. The number of nitrogens with zero attached hydrogens (tertiary/aromatic N) is 2. The summed E-state index contributed by atoms with van der Waals surface area (Å²) < 4.78 is 18.8. The molecule has 3 aromatic rings. The second kappa shape index (κ2) is 5.79. The van der Waals surface area contributed by atoms with Gasteiger partial charge in [-0.15, -0.1) is 11.3 Å². The van der Waals surface area contributed by atoms with Crippen LogP contribution in [0.25, 0.3) is 10.7 Å².